The summed E-state index contributed by atoms with van der Waals surface area (Å²) >= 11 is 0. The Morgan fingerprint density at radius 3 is 2.15 bits per heavy atom. The van der Waals surface area contributed by atoms with Crippen LogP contribution in [0.1, 0.15) is 11.1 Å². The molecule has 8 heteroatoms. The van der Waals surface area contributed by atoms with Gasteiger partial charge in [0.05, 0.1) is 31.2 Å². The Balaban J connectivity index is 1.25. The van der Waals surface area contributed by atoms with Crippen molar-refractivity contribution in [2.24, 2.45) is 9.98 Å². The number of nitrogens with one attached hydrogen (secondary N) is 3. The van der Waals surface area contributed by atoms with Crippen molar-refractivity contribution in [3.63, 3.8) is 0 Å². The molecular formula is C26H24N6O2. The summed E-state index contributed by atoms with van der Waals surface area (Å²) < 4.78 is 11.7. The quantitative estimate of drug-likeness (QED) is 0.414. The van der Waals surface area contributed by atoms with Gasteiger partial charge in [-0.15, -0.1) is 0 Å². The SMILES string of the molecule is COc1cc(-c2nc3ccc(C4=NCCN4)cc3[nH]2)ccc1Oc1ccc(C2=NCCN2)cc1. The number of benzene rings is 3. The summed E-state index contributed by atoms with van der Waals surface area (Å²) in [6.45, 7) is 3.39. The summed E-state index contributed by atoms with van der Waals surface area (Å²) in [5.74, 6) is 4.63. The highest BCUT2D eigenvalue weighted by Gasteiger charge is 2.14. The molecule has 0 fully saturated rings. The zero-order valence-corrected chi connectivity index (χ0v) is 18.8. The highest BCUT2D eigenvalue weighted by molar-refractivity contribution is 6.02. The number of fused-ring (bicyclic) bond motifs is 1. The van der Waals surface area contributed by atoms with Gasteiger partial charge in [0.15, 0.2) is 11.5 Å². The number of ether oxygens (including phenoxy) is 2. The number of aromatic nitrogens is 2. The van der Waals surface area contributed by atoms with Gasteiger partial charge in [0.1, 0.15) is 23.2 Å². The lowest BCUT2D eigenvalue weighted by Crippen LogP contribution is -2.19. The molecule has 0 radical (unpaired) electrons. The monoisotopic (exact) mass is 452 g/mol. The van der Waals surface area contributed by atoms with Gasteiger partial charge in [-0.3, -0.25) is 9.98 Å². The largest absolute Gasteiger partial charge is 0.493 e. The van der Waals surface area contributed by atoms with Gasteiger partial charge >= 0.3 is 0 Å². The normalized spacial score (nSPS) is 15.0. The van der Waals surface area contributed by atoms with Crippen LogP contribution in [0.4, 0.5) is 0 Å². The zero-order valence-electron chi connectivity index (χ0n) is 18.8. The smallest absolute Gasteiger partial charge is 0.169 e. The Labute approximate surface area is 196 Å². The van der Waals surface area contributed by atoms with Gasteiger partial charge < -0.3 is 25.1 Å². The average Bonchev–Trinajstić information content (AvgIpc) is 3.66. The number of hydrogen-bond donors (Lipinski definition) is 3. The molecule has 8 nitrogen and oxygen atoms in total. The van der Waals surface area contributed by atoms with Gasteiger partial charge in [0.2, 0.25) is 0 Å². The Morgan fingerprint density at radius 1 is 0.735 bits per heavy atom. The van der Waals surface area contributed by atoms with Gasteiger partial charge in [0, 0.05) is 29.8 Å². The van der Waals surface area contributed by atoms with E-state index in [1.165, 1.54) is 0 Å². The van der Waals surface area contributed by atoms with E-state index >= 15 is 0 Å². The highest BCUT2D eigenvalue weighted by atomic mass is 16.5. The van der Waals surface area contributed by atoms with Crippen LogP contribution in [0.15, 0.2) is 70.6 Å². The summed E-state index contributed by atoms with van der Waals surface area (Å²) in [6.07, 6.45) is 0. The first kappa shape index (κ1) is 20.3. The van der Waals surface area contributed by atoms with Crippen molar-refractivity contribution < 1.29 is 9.47 Å². The summed E-state index contributed by atoms with van der Waals surface area (Å²) in [4.78, 5) is 17.1. The molecular weight excluding hydrogens is 428 g/mol. The lowest BCUT2D eigenvalue weighted by Gasteiger charge is -2.12. The molecule has 2 aliphatic rings. The van der Waals surface area contributed by atoms with E-state index in [0.29, 0.717) is 11.5 Å². The number of rotatable bonds is 6. The fourth-order valence-corrected chi connectivity index (χ4v) is 4.18. The van der Waals surface area contributed by atoms with Crippen LogP contribution in [0.25, 0.3) is 22.4 Å². The molecule has 2 aliphatic heterocycles. The Hall–Kier alpha value is -4.33. The number of hydrogen-bond acceptors (Lipinski definition) is 7. The van der Waals surface area contributed by atoms with Crippen LogP contribution in [0.5, 0.6) is 17.2 Å². The highest BCUT2D eigenvalue weighted by Crippen LogP contribution is 2.35. The van der Waals surface area contributed by atoms with Crippen molar-refractivity contribution in [3.8, 4) is 28.6 Å². The standard InChI is InChI=1S/C26H24N6O2/c1-33-23-15-18(26-31-20-8-4-17(14-21(20)32-26)25-29-12-13-30-25)5-9-22(23)34-19-6-2-16(3-7-19)24-27-10-11-28-24/h2-9,14-15H,10-13H2,1H3,(H,27,28)(H,29,30)(H,31,32). The van der Waals surface area contributed by atoms with E-state index in [2.05, 4.69) is 31.7 Å². The number of amidine groups is 2. The first-order valence-electron chi connectivity index (χ1n) is 11.3. The van der Waals surface area contributed by atoms with Gasteiger partial charge in [-0.2, -0.15) is 0 Å². The fourth-order valence-electron chi connectivity index (χ4n) is 4.18. The molecule has 3 aromatic carbocycles. The van der Waals surface area contributed by atoms with Crippen molar-refractivity contribution in [2.75, 3.05) is 33.3 Å². The second kappa shape index (κ2) is 8.55. The Bertz CT molecular complexity index is 1420. The summed E-state index contributed by atoms with van der Waals surface area (Å²) in [5, 5.41) is 6.59. The summed E-state index contributed by atoms with van der Waals surface area (Å²) in [5.41, 5.74) is 4.89. The van der Waals surface area contributed by atoms with Gasteiger partial charge in [-0.05, 0) is 60.7 Å². The third-order valence-electron chi connectivity index (χ3n) is 5.90. The van der Waals surface area contributed by atoms with Crippen LogP contribution >= 0.6 is 0 Å². The number of aliphatic imine (C=N–C) groups is 2. The van der Waals surface area contributed by atoms with Crippen LogP contribution < -0.4 is 20.1 Å². The topological polar surface area (TPSA) is 95.9 Å². The van der Waals surface area contributed by atoms with Crippen molar-refractivity contribution in [1.82, 2.24) is 20.6 Å². The third-order valence-corrected chi connectivity index (χ3v) is 5.90. The van der Waals surface area contributed by atoms with Crippen molar-refractivity contribution in [2.45, 2.75) is 0 Å². The average molecular weight is 453 g/mol. The number of H-pyrrole nitrogens is 1. The van der Waals surface area contributed by atoms with Crippen molar-refractivity contribution >= 4 is 22.7 Å². The Morgan fingerprint density at radius 2 is 1.44 bits per heavy atom. The molecule has 0 bridgehead atoms. The van der Waals surface area contributed by atoms with Crippen LogP contribution in [0, 0.1) is 0 Å². The number of methoxy groups -OCH3 is 1. The maximum atomic E-state index is 6.10. The molecule has 0 saturated carbocycles. The molecule has 170 valence electrons. The van der Waals surface area contributed by atoms with E-state index in [0.717, 1.165) is 77.1 Å². The van der Waals surface area contributed by atoms with Gasteiger partial charge in [0.25, 0.3) is 0 Å². The van der Waals surface area contributed by atoms with E-state index in [4.69, 9.17) is 14.5 Å². The summed E-state index contributed by atoms with van der Waals surface area (Å²) in [6, 6.07) is 19.8. The number of aromatic amines is 1. The van der Waals surface area contributed by atoms with Crippen LogP contribution in [0.2, 0.25) is 0 Å². The molecule has 3 N–H and O–H groups in total. The first-order valence-corrected chi connectivity index (χ1v) is 11.3. The molecule has 3 heterocycles. The second-order valence-electron chi connectivity index (χ2n) is 8.12. The van der Waals surface area contributed by atoms with Crippen LogP contribution in [-0.4, -0.2) is 54.9 Å². The van der Waals surface area contributed by atoms with Crippen LogP contribution in [0.3, 0.4) is 0 Å². The number of imidazole rings is 1. The molecule has 0 aliphatic carbocycles. The molecule has 0 amide bonds. The second-order valence-corrected chi connectivity index (χ2v) is 8.12. The zero-order chi connectivity index (χ0) is 22.9. The molecule has 34 heavy (non-hydrogen) atoms. The van der Waals surface area contributed by atoms with E-state index in [1.807, 2.05) is 54.6 Å². The molecule has 0 unspecified atom stereocenters. The molecule has 1 aromatic heterocycles. The third kappa shape index (κ3) is 3.83. The molecule has 0 spiro atoms. The molecule has 0 atom stereocenters. The maximum Gasteiger partial charge on any atom is 0.169 e. The van der Waals surface area contributed by atoms with Crippen LogP contribution in [-0.2, 0) is 0 Å². The predicted octanol–water partition coefficient (Wildman–Crippen LogP) is 3.73. The maximum absolute atomic E-state index is 6.10. The van der Waals surface area contributed by atoms with E-state index in [1.54, 1.807) is 7.11 Å². The summed E-state index contributed by atoms with van der Waals surface area (Å²) in [7, 11) is 1.64. The predicted molar refractivity (Wildman–Crippen MR) is 133 cm³/mol. The molecule has 0 saturated heterocycles. The Kier molecular flexibility index (Phi) is 5.10. The fraction of sp³-hybridized carbons (Fsp3) is 0.192. The van der Waals surface area contributed by atoms with Crippen molar-refractivity contribution in [1.29, 1.82) is 0 Å². The lowest BCUT2D eigenvalue weighted by atomic mass is 10.2. The lowest BCUT2D eigenvalue weighted by molar-refractivity contribution is 0.379. The van der Waals surface area contributed by atoms with Crippen molar-refractivity contribution in [3.05, 3.63) is 71.8 Å². The van der Waals surface area contributed by atoms with E-state index in [-0.39, 0.29) is 0 Å². The minimum absolute atomic E-state index is 0.633. The van der Waals surface area contributed by atoms with Gasteiger partial charge in [-0.1, -0.05) is 0 Å². The number of nitrogens with zero attached hydrogens (tertiary/aromatic N) is 3. The molecule has 6 rings (SSSR count). The van der Waals surface area contributed by atoms with Gasteiger partial charge in [-0.25, -0.2) is 4.98 Å². The first-order chi connectivity index (χ1) is 16.8. The molecule has 4 aromatic rings. The minimum atomic E-state index is 0.633. The minimum Gasteiger partial charge on any atom is -0.493 e. The van der Waals surface area contributed by atoms with E-state index < -0.39 is 0 Å². The van der Waals surface area contributed by atoms with E-state index in [9.17, 15) is 0 Å².